The average molecular weight is 622 g/mol. The zero-order chi connectivity index (χ0) is 31.1. The summed E-state index contributed by atoms with van der Waals surface area (Å²) >= 11 is 0. The van der Waals surface area contributed by atoms with Gasteiger partial charge in [-0.2, -0.15) is 0 Å². The fourth-order valence-corrected chi connectivity index (χ4v) is 7.12. The zero-order valence-corrected chi connectivity index (χ0v) is 25.9. The third kappa shape index (κ3) is 7.10. The van der Waals surface area contributed by atoms with Crippen LogP contribution in [0.4, 0.5) is 5.69 Å². The predicted octanol–water partition coefficient (Wildman–Crippen LogP) is 4.53. The topological polar surface area (TPSA) is 114 Å². The maximum atomic E-state index is 14.3. The maximum absolute atomic E-state index is 14.3. The minimum atomic E-state index is -4.20. The van der Waals surface area contributed by atoms with E-state index in [2.05, 4.69) is 5.32 Å². The molecule has 1 unspecified atom stereocenters. The van der Waals surface area contributed by atoms with Crippen LogP contribution in [0.3, 0.4) is 0 Å². The van der Waals surface area contributed by atoms with Gasteiger partial charge in [0.25, 0.3) is 10.0 Å². The van der Waals surface area contributed by atoms with Gasteiger partial charge in [-0.15, -0.1) is 0 Å². The number of benzene rings is 3. The Morgan fingerprint density at radius 1 is 0.955 bits per heavy atom. The molecular formula is C33H39N3O7S. The number of rotatable bonds is 12. The van der Waals surface area contributed by atoms with Gasteiger partial charge in [-0.1, -0.05) is 50.1 Å². The van der Waals surface area contributed by atoms with Crippen LogP contribution in [0.15, 0.2) is 77.7 Å². The first-order valence-electron chi connectivity index (χ1n) is 15.0. The number of nitrogens with one attached hydrogen (secondary N) is 1. The number of carbonyl (C=O) groups excluding carboxylic acids is 2. The second-order valence-electron chi connectivity index (χ2n) is 10.9. The molecule has 11 heteroatoms. The molecule has 2 amide bonds. The van der Waals surface area contributed by atoms with Crippen LogP contribution < -0.4 is 23.8 Å². The van der Waals surface area contributed by atoms with Gasteiger partial charge < -0.3 is 24.4 Å². The fraction of sp³-hybridized carbons (Fsp3) is 0.394. The summed E-state index contributed by atoms with van der Waals surface area (Å²) in [5.41, 5.74) is 0.998. The molecule has 0 spiro atoms. The summed E-state index contributed by atoms with van der Waals surface area (Å²) in [5.74, 6) is 0.744. The number of methoxy groups -OCH3 is 1. The van der Waals surface area contributed by atoms with Crippen molar-refractivity contribution < 1.29 is 32.2 Å². The lowest BCUT2D eigenvalue weighted by atomic mass is 10.1. The number of ether oxygens (including phenoxy) is 3. The Kier molecular flexibility index (Phi) is 9.94. The highest BCUT2D eigenvalue weighted by Gasteiger charge is 2.35. The molecular weight excluding hydrogens is 582 g/mol. The molecule has 234 valence electrons. The van der Waals surface area contributed by atoms with E-state index in [-0.39, 0.29) is 29.1 Å². The molecule has 0 radical (unpaired) electrons. The van der Waals surface area contributed by atoms with Gasteiger partial charge >= 0.3 is 0 Å². The summed E-state index contributed by atoms with van der Waals surface area (Å²) in [5, 5.41) is 3.13. The number of amides is 2. The van der Waals surface area contributed by atoms with Crippen LogP contribution in [0, 0.1) is 0 Å². The SMILES string of the molecule is CCC(C(=O)NC1CCCC1)N(Cc1cccc(OC)c1)C(=O)CN(c1ccc2c(c1)OCCO2)S(=O)(=O)c1ccccc1. The Labute approximate surface area is 259 Å². The number of carbonyl (C=O) groups is 2. The largest absolute Gasteiger partial charge is 0.497 e. The van der Waals surface area contributed by atoms with Crippen molar-refractivity contribution in [3.05, 3.63) is 78.4 Å². The number of fused-ring (bicyclic) bond motifs is 1. The van der Waals surface area contributed by atoms with Crippen molar-refractivity contribution in [2.75, 3.05) is 31.2 Å². The first kappa shape index (κ1) is 31.2. The number of hydrogen-bond donors (Lipinski definition) is 1. The fourth-order valence-electron chi connectivity index (χ4n) is 5.69. The van der Waals surface area contributed by atoms with E-state index in [1.54, 1.807) is 55.6 Å². The minimum Gasteiger partial charge on any atom is -0.497 e. The van der Waals surface area contributed by atoms with Crippen LogP contribution in [0.1, 0.15) is 44.6 Å². The molecule has 5 rings (SSSR count). The molecule has 1 aliphatic heterocycles. The van der Waals surface area contributed by atoms with Crippen LogP contribution in [-0.2, 0) is 26.2 Å². The van der Waals surface area contributed by atoms with E-state index in [4.69, 9.17) is 14.2 Å². The first-order chi connectivity index (χ1) is 21.3. The molecule has 1 saturated carbocycles. The van der Waals surface area contributed by atoms with Crippen molar-refractivity contribution in [2.24, 2.45) is 0 Å². The second kappa shape index (κ2) is 14.0. The standard InChI is InChI=1S/C33H39N3O7S/c1-3-29(33(38)34-25-11-7-8-12-25)35(22-24-10-9-13-27(20-24)41-2)32(37)23-36(44(39,40)28-14-5-4-6-15-28)26-16-17-30-31(21-26)43-19-18-42-30/h4-6,9-10,13-17,20-21,25,29H,3,7-8,11-12,18-19,22-23H2,1-2H3,(H,34,38). The van der Waals surface area contributed by atoms with Gasteiger partial charge in [0.1, 0.15) is 31.5 Å². The molecule has 10 nitrogen and oxygen atoms in total. The van der Waals surface area contributed by atoms with Crippen molar-refractivity contribution >= 4 is 27.5 Å². The van der Waals surface area contributed by atoms with Crippen LogP contribution in [0.2, 0.25) is 0 Å². The summed E-state index contributed by atoms with van der Waals surface area (Å²) in [6.45, 7) is 2.12. The Balaban J connectivity index is 1.52. The van der Waals surface area contributed by atoms with Crippen molar-refractivity contribution in [1.29, 1.82) is 0 Å². The van der Waals surface area contributed by atoms with Gasteiger partial charge in [0.2, 0.25) is 11.8 Å². The van der Waals surface area contributed by atoms with E-state index in [0.717, 1.165) is 35.6 Å². The summed E-state index contributed by atoms with van der Waals surface area (Å²) < 4.78 is 46.0. The quantitative estimate of drug-likeness (QED) is 0.316. The normalized spacial score (nSPS) is 15.3. The van der Waals surface area contributed by atoms with Gasteiger partial charge in [0.05, 0.1) is 17.7 Å². The van der Waals surface area contributed by atoms with Crippen LogP contribution in [0.5, 0.6) is 17.2 Å². The van der Waals surface area contributed by atoms with Crippen molar-refractivity contribution in [2.45, 2.75) is 62.6 Å². The third-order valence-electron chi connectivity index (χ3n) is 8.00. The monoisotopic (exact) mass is 621 g/mol. The van der Waals surface area contributed by atoms with Gasteiger partial charge in [-0.25, -0.2) is 8.42 Å². The molecule has 3 aromatic carbocycles. The zero-order valence-electron chi connectivity index (χ0n) is 25.1. The highest BCUT2D eigenvalue weighted by Crippen LogP contribution is 2.36. The molecule has 44 heavy (non-hydrogen) atoms. The van der Waals surface area contributed by atoms with Gasteiger partial charge in [-0.3, -0.25) is 13.9 Å². The minimum absolute atomic E-state index is 0.0352. The first-order valence-corrected chi connectivity index (χ1v) is 16.4. The number of nitrogens with zero attached hydrogens (tertiary/aromatic N) is 2. The molecule has 2 aliphatic rings. The lowest BCUT2D eigenvalue weighted by Crippen LogP contribution is -2.53. The number of anilines is 1. The smallest absolute Gasteiger partial charge is 0.264 e. The van der Waals surface area contributed by atoms with Gasteiger partial charge in [0.15, 0.2) is 11.5 Å². The summed E-state index contributed by atoms with van der Waals surface area (Å²) in [4.78, 5) is 29.5. The molecule has 1 fully saturated rings. The van der Waals surface area contributed by atoms with E-state index >= 15 is 0 Å². The van der Waals surface area contributed by atoms with E-state index in [1.165, 1.54) is 17.0 Å². The van der Waals surface area contributed by atoms with E-state index < -0.39 is 28.5 Å². The lowest BCUT2D eigenvalue weighted by Gasteiger charge is -2.34. The van der Waals surface area contributed by atoms with E-state index in [9.17, 15) is 18.0 Å². The third-order valence-corrected chi connectivity index (χ3v) is 9.79. The molecule has 0 bridgehead atoms. The number of sulfonamides is 1. The predicted molar refractivity (Wildman–Crippen MR) is 166 cm³/mol. The molecule has 1 atom stereocenters. The van der Waals surface area contributed by atoms with Crippen molar-refractivity contribution in [3.63, 3.8) is 0 Å². The highest BCUT2D eigenvalue weighted by molar-refractivity contribution is 7.92. The van der Waals surface area contributed by atoms with Gasteiger partial charge in [-0.05, 0) is 61.2 Å². The molecule has 1 aliphatic carbocycles. The van der Waals surface area contributed by atoms with Crippen LogP contribution >= 0.6 is 0 Å². The Bertz CT molecular complexity index is 1560. The molecule has 1 N–H and O–H groups in total. The van der Waals surface area contributed by atoms with E-state index in [0.29, 0.717) is 36.9 Å². The Morgan fingerprint density at radius 3 is 2.39 bits per heavy atom. The Hall–Kier alpha value is -4.25. The molecule has 3 aromatic rings. The summed E-state index contributed by atoms with van der Waals surface area (Å²) in [6.07, 6.45) is 4.26. The summed E-state index contributed by atoms with van der Waals surface area (Å²) in [6, 6.07) is 19.3. The second-order valence-corrected chi connectivity index (χ2v) is 12.8. The van der Waals surface area contributed by atoms with Crippen molar-refractivity contribution in [1.82, 2.24) is 10.2 Å². The highest BCUT2D eigenvalue weighted by atomic mass is 32.2. The van der Waals surface area contributed by atoms with Gasteiger partial charge in [0, 0.05) is 18.7 Å². The van der Waals surface area contributed by atoms with E-state index in [1.807, 2.05) is 19.1 Å². The van der Waals surface area contributed by atoms with Crippen LogP contribution in [0.25, 0.3) is 0 Å². The van der Waals surface area contributed by atoms with Crippen molar-refractivity contribution in [3.8, 4) is 17.2 Å². The maximum Gasteiger partial charge on any atom is 0.264 e. The molecule has 0 aromatic heterocycles. The lowest BCUT2D eigenvalue weighted by molar-refractivity contribution is -0.140. The average Bonchev–Trinajstić information content (AvgIpc) is 3.56. The Morgan fingerprint density at radius 2 is 1.68 bits per heavy atom. The van der Waals surface area contributed by atoms with Crippen LogP contribution in [-0.4, -0.2) is 64.1 Å². The number of hydrogen-bond acceptors (Lipinski definition) is 7. The molecule has 1 heterocycles. The summed E-state index contributed by atoms with van der Waals surface area (Å²) in [7, 11) is -2.63. The molecule has 0 saturated heterocycles.